The summed E-state index contributed by atoms with van der Waals surface area (Å²) < 4.78 is 0.963. The fourth-order valence-electron chi connectivity index (χ4n) is 2.09. The third kappa shape index (κ3) is 3.82. The third-order valence-corrected chi connectivity index (χ3v) is 4.02. The highest BCUT2D eigenvalue weighted by atomic mass is 79.9. The lowest BCUT2D eigenvalue weighted by Gasteiger charge is -2.14. The maximum absolute atomic E-state index is 6.27. The van der Waals surface area contributed by atoms with Crippen LogP contribution in [0.15, 0.2) is 40.9 Å². The molecule has 0 heterocycles. The van der Waals surface area contributed by atoms with Crippen LogP contribution in [0, 0.1) is 13.8 Å². The van der Waals surface area contributed by atoms with Gasteiger partial charge in [-0.25, -0.2) is 0 Å². The minimum absolute atomic E-state index is 0.0443. The van der Waals surface area contributed by atoms with Crippen molar-refractivity contribution in [1.29, 1.82) is 0 Å². The first-order chi connectivity index (χ1) is 8.95. The van der Waals surface area contributed by atoms with Gasteiger partial charge in [-0.3, -0.25) is 0 Å². The number of aryl methyl sites for hydroxylation is 2. The minimum Gasteiger partial charge on any atom is -0.324 e. The Hall–Kier alpha value is -0.830. The SMILES string of the molecule is Cc1ccc(CC(N)c2cc(Cl)cc(Br)c2)cc1C. The largest absolute Gasteiger partial charge is 0.324 e. The van der Waals surface area contributed by atoms with Crippen LogP contribution in [0.4, 0.5) is 0 Å². The predicted molar refractivity (Wildman–Crippen MR) is 85.7 cm³/mol. The van der Waals surface area contributed by atoms with E-state index in [9.17, 15) is 0 Å². The van der Waals surface area contributed by atoms with Gasteiger partial charge in [-0.15, -0.1) is 0 Å². The summed E-state index contributed by atoms with van der Waals surface area (Å²) in [7, 11) is 0. The molecule has 0 aliphatic rings. The zero-order valence-electron chi connectivity index (χ0n) is 11.1. The second-order valence-electron chi connectivity index (χ2n) is 4.93. The molecule has 0 saturated heterocycles. The Bertz CT molecular complexity index is 575. The molecule has 0 spiro atoms. The molecule has 2 aromatic carbocycles. The zero-order chi connectivity index (χ0) is 14.0. The molecule has 0 aromatic heterocycles. The Morgan fingerprint density at radius 1 is 1.11 bits per heavy atom. The van der Waals surface area contributed by atoms with Crippen molar-refractivity contribution < 1.29 is 0 Å². The normalized spacial score (nSPS) is 12.5. The van der Waals surface area contributed by atoms with Crippen LogP contribution in [0.25, 0.3) is 0 Å². The lowest BCUT2D eigenvalue weighted by molar-refractivity contribution is 0.721. The van der Waals surface area contributed by atoms with Crippen LogP contribution >= 0.6 is 27.5 Å². The summed E-state index contributed by atoms with van der Waals surface area (Å²) in [6, 6.07) is 12.3. The van der Waals surface area contributed by atoms with Crippen molar-refractivity contribution in [2.75, 3.05) is 0 Å². The molecule has 2 aromatic rings. The highest BCUT2D eigenvalue weighted by Gasteiger charge is 2.09. The van der Waals surface area contributed by atoms with E-state index in [1.54, 1.807) is 0 Å². The lowest BCUT2D eigenvalue weighted by atomic mass is 9.97. The van der Waals surface area contributed by atoms with Crippen molar-refractivity contribution in [3.05, 3.63) is 68.1 Å². The van der Waals surface area contributed by atoms with Gasteiger partial charge >= 0.3 is 0 Å². The monoisotopic (exact) mass is 337 g/mol. The van der Waals surface area contributed by atoms with E-state index in [0.29, 0.717) is 5.02 Å². The Labute approximate surface area is 127 Å². The molecule has 1 unspecified atom stereocenters. The molecular weight excluding hydrogens is 322 g/mol. The van der Waals surface area contributed by atoms with E-state index in [1.807, 2.05) is 18.2 Å². The molecule has 2 N–H and O–H groups in total. The molecule has 0 bridgehead atoms. The molecule has 0 radical (unpaired) electrons. The molecule has 0 aliphatic carbocycles. The molecule has 2 rings (SSSR count). The summed E-state index contributed by atoms with van der Waals surface area (Å²) in [5.74, 6) is 0. The van der Waals surface area contributed by atoms with Crippen LogP contribution in [-0.4, -0.2) is 0 Å². The maximum Gasteiger partial charge on any atom is 0.0420 e. The third-order valence-electron chi connectivity index (χ3n) is 3.34. The maximum atomic E-state index is 6.27. The number of rotatable bonds is 3. The second-order valence-corrected chi connectivity index (χ2v) is 6.28. The van der Waals surface area contributed by atoms with Gasteiger partial charge in [0, 0.05) is 15.5 Å². The van der Waals surface area contributed by atoms with Gasteiger partial charge in [-0.2, -0.15) is 0 Å². The smallest absolute Gasteiger partial charge is 0.0420 e. The Kier molecular flexibility index (Phi) is 4.67. The van der Waals surface area contributed by atoms with Crippen molar-refractivity contribution in [3.8, 4) is 0 Å². The molecular formula is C16H17BrClN. The highest BCUT2D eigenvalue weighted by Crippen LogP contribution is 2.25. The van der Waals surface area contributed by atoms with Gasteiger partial charge in [0.05, 0.1) is 0 Å². The van der Waals surface area contributed by atoms with Gasteiger partial charge in [0.25, 0.3) is 0 Å². The van der Waals surface area contributed by atoms with Crippen LogP contribution in [0.3, 0.4) is 0 Å². The van der Waals surface area contributed by atoms with E-state index in [2.05, 4.69) is 48.0 Å². The first-order valence-electron chi connectivity index (χ1n) is 6.23. The van der Waals surface area contributed by atoms with Crippen molar-refractivity contribution in [3.63, 3.8) is 0 Å². The van der Waals surface area contributed by atoms with Crippen molar-refractivity contribution >= 4 is 27.5 Å². The summed E-state index contributed by atoms with van der Waals surface area (Å²) in [6.45, 7) is 4.24. The quantitative estimate of drug-likeness (QED) is 0.841. The molecule has 1 nitrogen and oxygen atoms in total. The van der Waals surface area contributed by atoms with Crippen LogP contribution in [-0.2, 0) is 6.42 Å². The summed E-state index contributed by atoms with van der Waals surface area (Å²) >= 11 is 9.51. The number of nitrogens with two attached hydrogens (primary N) is 1. The van der Waals surface area contributed by atoms with Gasteiger partial charge in [0.15, 0.2) is 0 Å². The van der Waals surface area contributed by atoms with E-state index < -0.39 is 0 Å². The molecule has 0 saturated carbocycles. The van der Waals surface area contributed by atoms with Crippen molar-refractivity contribution in [2.24, 2.45) is 5.73 Å². The molecule has 1 atom stereocenters. The summed E-state index contributed by atoms with van der Waals surface area (Å²) in [4.78, 5) is 0. The van der Waals surface area contributed by atoms with Crippen LogP contribution in [0.5, 0.6) is 0 Å². The molecule has 100 valence electrons. The Morgan fingerprint density at radius 2 is 1.84 bits per heavy atom. The molecule has 0 aliphatic heterocycles. The molecule has 3 heteroatoms. The highest BCUT2D eigenvalue weighted by molar-refractivity contribution is 9.10. The average molecular weight is 339 g/mol. The van der Waals surface area contributed by atoms with Crippen molar-refractivity contribution in [1.82, 2.24) is 0 Å². The first kappa shape index (κ1) is 14.6. The van der Waals surface area contributed by atoms with Gasteiger partial charge in [-0.05, 0) is 60.7 Å². The molecule has 0 amide bonds. The topological polar surface area (TPSA) is 26.0 Å². The van der Waals surface area contributed by atoms with Gasteiger partial charge in [0.1, 0.15) is 0 Å². The molecule has 0 fully saturated rings. The van der Waals surface area contributed by atoms with Gasteiger partial charge < -0.3 is 5.73 Å². The van der Waals surface area contributed by atoms with E-state index >= 15 is 0 Å². The van der Waals surface area contributed by atoms with Gasteiger partial charge in [0.2, 0.25) is 0 Å². The summed E-state index contributed by atoms with van der Waals surface area (Å²) in [6.07, 6.45) is 0.813. The van der Waals surface area contributed by atoms with Gasteiger partial charge in [-0.1, -0.05) is 45.7 Å². The lowest BCUT2D eigenvalue weighted by Crippen LogP contribution is -2.13. The van der Waals surface area contributed by atoms with E-state index in [0.717, 1.165) is 16.5 Å². The summed E-state index contributed by atoms with van der Waals surface area (Å²) in [5.41, 5.74) is 11.2. The van der Waals surface area contributed by atoms with Crippen LogP contribution in [0.2, 0.25) is 5.02 Å². The van der Waals surface area contributed by atoms with E-state index in [-0.39, 0.29) is 6.04 Å². The minimum atomic E-state index is -0.0443. The number of benzene rings is 2. The number of hydrogen-bond donors (Lipinski definition) is 1. The fourth-order valence-corrected chi connectivity index (χ4v) is 2.98. The van der Waals surface area contributed by atoms with Crippen LogP contribution < -0.4 is 5.73 Å². The Morgan fingerprint density at radius 3 is 2.47 bits per heavy atom. The second kappa shape index (κ2) is 6.08. The van der Waals surface area contributed by atoms with E-state index in [4.69, 9.17) is 17.3 Å². The van der Waals surface area contributed by atoms with Crippen molar-refractivity contribution in [2.45, 2.75) is 26.3 Å². The number of halogens is 2. The summed E-state index contributed by atoms with van der Waals surface area (Å²) in [5, 5.41) is 0.708. The first-order valence-corrected chi connectivity index (χ1v) is 7.40. The van der Waals surface area contributed by atoms with Crippen LogP contribution in [0.1, 0.15) is 28.3 Å². The standard InChI is InChI=1S/C16H17BrClN/c1-10-3-4-12(5-11(10)2)6-16(19)13-7-14(17)9-15(18)8-13/h3-5,7-9,16H,6,19H2,1-2H3. The Balaban J connectivity index is 2.20. The zero-order valence-corrected chi connectivity index (χ0v) is 13.4. The van der Waals surface area contributed by atoms with E-state index in [1.165, 1.54) is 16.7 Å². The molecule has 19 heavy (non-hydrogen) atoms. The fraction of sp³-hybridized carbons (Fsp3) is 0.250. The average Bonchev–Trinajstić information content (AvgIpc) is 2.32. The number of hydrogen-bond acceptors (Lipinski definition) is 1. The predicted octanol–water partition coefficient (Wildman–Crippen LogP) is 4.96.